The van der Waals surface area contributed by atoms with Crippen LogP contribution in [0.2, 0.25) is 0 Å². The van der Waals surface area contributed by atoms with E-state index >= 15 is 0 Å². The Hall–Kier alpha value is -2.03. The summed E-state index contributed by atoms with van der Waals surface area (Å²) < 4.78 is 32.5. The fourth-order valence-electron chi connectivity index (χ4n) is 2.33. The Labute approximate surface area is 151 Å². The number of sulfonamides is 1. The number of amides is 1. The molecule has 3 rings (SSSR count). The summed E-state index contributed by atoms with van der Waals surface area (Å²) in [6, 6.07) is 14.4. The number of hydrogen-bond donors (Lipinski definition) is 2. The predicted octanol–water partition coefficient (Wildman–Crippen LogP) is 2.23. The van der Waals surface area contributed by atoms with Gasteiger partial charge in [0.15, 0.2) is 6.61 Å². The van der Waals surface area contributed by atoms with Gasteiger partial charge in [-0.05, 0) is 23.8 Å². The fourth-order valence-corrected chi connectivity index (χ4v) is 4.33. The Balaban J connectivity index is 1.53. The highest BCUT2D eigenvalue weighted by atomic mass is 32.2. The predicted molar refractivity (Wildman–Crippen MR) is 98.4 cm³/mol. The molecule has 0 bridgehead atoms. The van der Waals surface area contributed by atoms with Gasteiger partial charge in [0.05, 0.1) is 10.6 Å². The summed E-state index contributed by atoms with van der Waals surface area (Å²) in [5.74, 6) is 1.67. The van der Waals surface area contributed by atoms with Gasteiger partial charge in [-0.1, -0.05) is 30.3 Å². The first kappa shape index (κ1) is 17.8. The Morgan fingerprint density at radius 1 is 1.16 bits per heavy atom. The zero-order valence-corrected chi connectivity index (χ0v) is 15.0. The summed E-state index contributed by atoms with van der Waals surface area (Å²) in [5, 5.41) is 2.61. The zero-order valence-electron chi connectivity index (χ0n) is 13.4. The van der Waals surface area contributed by atoms with Gasteiger partial charge in [-0.3, -0.25) is 4.79 Å². The van der Waals surface area contributed by atoms with Gasteiger partial charge in [0, 0.05) is 18.1 Å². The number of thioether (sulfide) groups is 1. The Kier molecular flexibility index (Phi) is 5.62. The van der Waals surface area contributed by atoms with Crippen molar-refractivity contribution in [1.82, 2.24) is 4.72 Å². The summed E-state index contributed by atoms with van der Waals surface area (Å²) in [4.78, 5) is 11.4. The van der Waals surface area contributed by atoms with E-state index in [0.717, 1.165) is 5.75 Å². The fraction of sp³-hybridized carbons (Fsp3) is 0.235. The molecule has 1 aliphatic heterocycles. The van der Waals surface area contributed by atoms with Gasteiger partial charge in [-0.25, -0.2) is 13.1 Å². The van der Waals surface area contributed by atoms with Gasteiger partial charge in [0.1, 0.15) is 5.75 Å². The van der Waals surface area contributed by atoms with Crippen molar-refractivity contribution in [2.24, 2.45) is 0 Å². The van der Waals surface area contributed by atoms with Crippen LogP contribution < -0.4 is 14.8 Å². The molecule has 2 aromatic rings. The van der Waals surface area contributed by atoms with Crippen molar-refractivity contribution in [3.05, 3.63) is 54.1 Å². The third-order valence-electron chi connectivity index (χ3n) is 3.54. The van der Waals surface area contributed by atoms with E-state index in [0.29, 0.717) is 23.7 Å². The second-order valence-electron chi connectivity index (χ2n) is 5.43. The van der Waals surface area contributed by atoms with Crippen molar-refractivity contribution in [3.8, 4) is 5.75 Å². The van der Waals surface area contributed by atoms with E-state index in [9.17, 15) is 13.2 Å². The molecule has 0 radical (unpaired) electrons. The van der Waals surface area contributed by atoms with Crippen molar-refractivity contribution < 1.29 is 17.9 Å². The molecule has 6 nitrogen and oxygen atoms in total. The third kappa shape index (κ3) is 4.75. The largest absolute Gasteiger partial charge is 0.482 e. The van der Waals surface area contributed by atoms with Crippen LogP contribution >= 0.6 is 11.8 Å². The molecule has 1 amide bonds. The minimum absolute atomic E-state index is 0.0595. The molecule has 0 unspecified atom stereocenters. The highest BCUT2D eigenvalue weighted by Crippen LogP contribution is 2.29. The van der Waals surface area contributed by atoms with Gasteiger partial charge < -0.3 is 10.1 Å². The van der Waals surface area contributed by atoms with Crippen LogP contribution in [0.25, 0.3) is 0 Å². The number of rotatable bonds is 7. The lowest BCUT2D eigenvalue weighted by atomic mass is 10.2. The lowest BCUT2D eigenvalue weighted by Gasteiger charge is -2.18. The average Bonchev–Trinajstić information content (AvgIpc) is 2.61. The molecular weight excluding hydrogens is 360 g/mol. The molecule has 0 fully saturated rings. The number of benzene rings is 2. The number of ether oxygens (including phenoxy) is 1. The molecule has 0 spiro atoms. The van der Waals surface area contributed by atoms with Crippen molar-refractivity contribution in [3.63, 3.8) is 0 Å². The standard InChI is InChI=1S/C17H18N2O4S2/c20-17-11-23-16-7-6-14(10-15(16)19-17)25(21,22)18-8-9-24-12-13-4-2-1-3-5-13/h1-7,10,18H,8-9,11-12H2,(H,19,20). The summed E-state index contributed by atoms with van der Waals surface area (Å²) >= 11 is 1.66. The Bertz CT molecular complexity index is 854. The van der Waals surface area contributed by atoms with Crippen LogP contribution in [0.3, 0.4) is 0 Å². The van der Waals surface area contributed by atoms with Gasteiger partial charge in [0.25, 0.3) is 5.91 Å². The van der Waals surface area contributed by atoms with Crippen molar-refractivity contribution in [1.29, 1.82) is 0 Å². The normalized spacial score (nSPS) is 13.7. The summed E-state index contributed by atoms with van der Waals surface area (Å²) in [6.45, 7) is 0.274. The molecule has 25 heavy (non-hydrogen) atoms. The second-order valence-corrected chi connectivity index (χ2v) is 8.30. The van der Waals surface area contributed by atoms with Crippen LogP contribution in [0.15, 0.2) is 53.4 Å². The molecule has 0 aliphatic carbocycles. The van der Waals surface area contributed by atoms with Crippen LogP contribution in [-0.4, -0.2) is 33.2 Å². The summed E-state index contributed by atoms with van der Waals surface area (Å²) in [7, 11) is -3.63. The van der Waals surface area contributed by atoms with Crippen molar-refractivity contribution >= 4 is 33.4 Å². The quantitative estimate of drug-likeness (QED) is 0.722. The smallest absolute Gasteiger partial charge is 0.262 e. The van der Waals surface area contributed by atoms with E-state index < -0.39 is 10.0 Å². The van der Waals surface area contributed by atoms with E-state index in [1.165, 1.54) is 17.7 Å². The molecule has 1 heterocycles. The molecule has 2 aromatic carbocycles. The Morgan fingerprint density at radius 3 is 2.76 bits per heavy atom. The van der Waals surface area contributed by atoms with Gasteiger partial charge in [-0.2, -0.15) is 11.8 Å². The molecule has 1 aliphatic rings. The topological polar surface area (TPSA) is 84.5 Å². The Morgan fingerprint density at radius 2 is 1.96 bits per heavy atom. The molecule has 2 N–H and O–H groups in total. The van der Waals surface area contributed by atoms with E-state index in [4.69, 9.17) is 4.74 Å². The van der Waals surface area contributed by atoms with Crippen LogP contribution in [0.4, 0.5) is 5.69 Å². The van der Waals surface area contributed by atoms with Gasteiger partial charge in [0.2, 0.25) is 10.0 Å². The maximum Gasteiger partial charge on any atom is 0.262 e. The molecule has 0 atom stereocenters. The van der Waals surface area contributed by atoms with Crippen LogP contribution in [-0.2, 0) is 20.6 Å². The zero-order chi connectivity index (χ0) is 17.7. The summed E-state index contributed by atoms with van der Waals surface area (Å²) in [5.41, 5.74) is 1.58. The molecule has 0 saturated carbocycles. The third-order valence-corrected chi connectivity index (χ3v) is 6.03. The maximum atomic E-state index is 12.4. The number of nitrogens with one attached hydrogen (secondary N) is 2. The second kappa shape index (κ2) is 7.90. The lowest BCUT2D eigenvalue weighted by Crippen LogP contribution is -2.28. The van der Waals surface area contributed by atoms with Crippen LogP contribution in [0.1, 0.15) is 5.56 Å². The molecule has 0 aromatic heterocycles. The van der Waals surface area contributed by atoms with Crippen molar-refractivity contribution in [2.45, 2.75) is 10.6 Å². The molecule has 0 saturated heterocycles. The number of carbonyl (C=O) groups is 1. The van der Waals surface area contributed by atoms with Gasteiger partial charge >= 0.3 is 0 Å². The van der Waals surface area contributed by atoms with Gasteiger partial charge in [-0.15, -0.1) is 0 Å². The minimum atomic E-state index is -3.63. The number of anilines is 1. The maximum absolute atomic E-state index is 12.4. The number of carbonyl (C=O) groups excluding carboxylic acids is 1. The van der Waals surface area contributed by atoms with E-state index in [1.807, 2.05) is 30.3 Å². The highest BCUT2D eigenvalue weighted by Gasteiger charge is 2.20. The van der Waals surface area contributed by atoms with E-state index in [-0.39, 0.29) is 17.4 Å². The number of hydrogen-bond acceptors (Lipinski definition) is 5. The highest BCUT2D eigenvalue weighted by molar-refractivity contribution is 7.98. The van der Waals surface area contributed by atoms with Crippen LogP contribution in [0, 0.1) is 0 Å². The van der Waals surface area contributed by atoms with Crippen LogP contribution in [0.5, 0.6) is 5.75 Å². The molecule has 132 valence electrons. The monoisotopic (exact) mass is 378 g/mol. The first-order valence-electron chi connectivity index (χ1n) is 7.73. The number of fused-ring (bicyclic) bond motifs is 1. The minimum Gasteiger partial charge on any atom is -0.482 e. The van der Waals surface area contributed by atoms with E-state index in [2.05, 4.69) is 10.0 Å². The first-order chi connectivity index (χ1) is 12.0. The van der Waals surface area contributed by atoms with Crippen molar-refractivity contribution in [2.75, 3.05) is 24.2 Å². The average molecular weight is 378 g/mol. The summed E-state index contributed by atoms with van der Waals surface area (Å²) in [6.07, 6.45) is 0. The molecule has 8 heteroatoms. The van der Waals surface area contributed by atoms with E-state index in [1.54, 1.807) is 17.8 Å². The molecular formula is C17H18N2O4S2. The first-order valence-corrected chi connectivity index (χ1v) is 10.4. The SMILES string of the molecule is O=C1COc2ccc(S(=O)(=O)NCCSCc3ccccc3)cc2N1. The lowest BCUT2D eigenvalue weighted by molar-refractivity contribution is -0.118.